The quantitative estimate of drug-likeness (QED) is 0.480. The second-order valence-electron chi connectivity index (χ2n) is 2.03. The Morgan fingerprint density at radius 1 is 1.64 bits per heavy atom. The van der Waals surface area contributed by atoms with Crippen molar-refractivity contribution in [1.82, 2.24) is 0 Å². The van der Waals surface area contributed by atoms with E-state index in [0.717, 1.165) is 6.42 Å². The lowest BCUT2D eigenvalue weighted by Crippen LogP contribution is -2.12. The van der Waals surface area contributed by atoms with Crippen molar-refractivity contribution in [1.29, 1.82) is 0 Å². The molecule has 0 aromatic carbocycles. The Balaban J connectivity index is 4.35. The van der Waals surface area contributed by atoms with Crippen LogP contribution in [-0.2, 0) is 4.79 Å². The monoisotopic (exact) mass is 151 g/mol. The van der Waals surface area contributed by atoms with Crippen LogP contribution in [0.15, 0.2) is 36.5 Å². The highest BCUT2D eigenvalue weighted by Crippen LogP contribution is 1.97. The Morgan fingerprint density at radius 2 is 2.27 bits per heavy atom. The SMILES string of the molecule is C=C/C=C\C(=C/CC)C(N)=O. The molecule has 2 nitrogen and oxygen atoms in total. The van der Waals surface area contributed by atoms with Gasteiger partial charge in [0.1, 0.15) is 0 Å². The maximum Gasteiger partial charge on any atom is 0.248 e. The first-order valence-corrected chi connectivity index (χ1v) is 3.51. The first kappa shape index (κ1) is 9.69. The highest BCUT2D eigenvalue weighted by molar-refractivity contribution is 5.94. The number of hydrogen-bond acceptors (Lipinski definition) is 1. The summed E-state index contributed by atoms with van der Waals surface area (Å²) in [6.45, 7) is 5.44. The zero-order valence-corrected chi connectivity index (χ0v) is 6.71. The van der Waals surface area contributed by atoms with Crippen molar-refractivity contribution in [3.8, 4) is 0 Å². The molecule has 0 rings (SSSR count). The molecule has 0 atom stereocenters. The lowest BCUT2D eigenvalue weighted by Gasteiger charge is -1.92. The van der Waals surface area contributed by atoms with Crippen molar-refractivity contribution in [2.24, 2.45) is 5.73 Å². The van der Waals surface area contributed by atoms with Crippen molar-refractivity contribution in [2.45, 2.75) is 13.3 Å². The molecule has 0 saturated heterocycles. The lowest BCUT2D eigenvalue weighted by molar-refractivity contribution is -0.114. The van der Waals surface area contributed by atoms with E-state index < -0.39 is 5.91 Å². The molecule has 1 amide bonds. The average Bonchev–Trinajstić information content (AvgIpc) is 1.97. The van der Waals surface area contributed by atoms with Crippen molar-refractivity contribution in [2.75, 3.05) is 0 Å². The molecule has 0 aliphatic heterocycles. The Hall–Kier alpha value is -1.31. The number of nitrogens with two attached hydrogens (primary N) is 1. The topological polar surface area (TPSA) is 43.1 Å². The molecule has 60 valence electrons. The van der Waals surface area contributed by atoms with Crippen LogP contribution in [0.5, 0.6) is 0 Å². The van der Waals surface area contributed by atoms with E-state index in [9.17, 15) is 4.79 Å². The third-order valence-electron chi connectivity index (χ3n) is 1.12. The van der Waals surface area contributed by atoms with E-state index in [2.05, 4.69) is 6.58 Å². The van der Waals surface area contributed by atoms with Gasteiger partial charge in [0, 0.05) is 5.57 Å². The van der Waals surface area contributed by atoms with Crippen LogP contribution in [0.2, 0.25) is 0 Å². The highest BCUT2D eigenvalue weighted by Gasteiger charge is 1.96. The van der Waals surface area contributed by atoms with Gasteiger partial charge in [-0.05, 0) is 12.5 Å². The summed E-state index contributed by atoms with van der Waals surface area (Å²) < 4.78 is 0. The smallest absolute Gasteiger partial charge is 0.248 e. The third-order valence-corrected chi connectivity index (χ3v) is 1.12. The number of carbonyl (C=O) groups excluding carboxylic acids is 1. The van der Waals surface area contributed by atoms with Crippen LogP contribution in [0.25, 0.3) is 0 Å². The van der Waals surface area contributed by atoms with Crippen molar-refractivity contribution >= 4 is 5.91 Å². The van der Waals surface area contributed by atoms with Gasteiger partial charge in [-0.3, -0.25) is 4.79 Å². The van der Waals surface area contributed by atoms with Crippen LogP contribution in [0, 0.1) is 0 Å². The summed E-state index contributed by atoms with van der Waals surface area (Å²) in [6, 6.07) is 0. The average molecular weight is 151 g/mol. The molecule has 0 aliphatic carbocycles. The molecule has 0 aliphatic rings. The van der Waals surface area contributed by atoms with Crippen molar-refractivity contribution < 1.29 is 4.79 Å². The highest BCUT2D eigenvalue weighted by atomic mass is 16.1. The first-order chi connectivity index (χ1) is 5.22. The van der Waals surface area contributed by atoms with Gasteiger partial charge in [0.25, 0.3) is 0 Å². The van der Waals surface area contributed by atoms with Gasteiger partial charge < -0.3 is 5.73 Å². The summed E-state index contributed by atoms with van der Waals surface area (Å²) in [5.74, 6) is -0.398. The molecule has 0 radical (unpaired) electrons. The molecular formula is C9H13NO. The molecule has 0 unspecified atom stereocenters. The number of allylic oxidation sites excluding steroid dienone is 3. The van der Waals surface area contributed by atoms with Crippen molar-refractivity contribution in [3.63, 3.8) is 0 Å². The number of primary amides is 1. The summed E-state index contributed by atoms with van der Waals surface area (Å²) in [5.41, 5.74) is 5.61. The van der Waals surface area contributed by atoms with Crippen LogP contribution in [0.1, 0.15) is 13.3 Å². The van der Waals surface area contributed by atoms with Crippen LogP contribution in [0.4, 0.5) is 0 Å². The fourth-order valence-electron chi connectivity index (χ4n) is 0.642. The van der Waals surface area contributed by atoms with Crippen LogP contribution in [0.3, 0.4) is 0 Å². The van der Waals surface area contributed by atoms with Crippen molar-refractivity contribution in [3.05, 3.63) is 36.5 Å². The molecule has 2 heteroatoms. The van der Waals surface area contributed by atoms with Gasteiger partial charge >= 0.3 is 0 Å². The summed E-state index contributed by atoms with van der Waals surface area (Å²) in [5, 5.41) is 0. The molecule has 0 aromatic rings. The Kier molecular flexibility index (Phi) is 4.82. The molecular weight excluding hydrogens is 138 g/mol. The Labute approximate surface area is 67.1 Å². The fraction of sp³-hybridized carbons (Fsp3) is 0.222. The summed E-state index contributed by atoms with van der Waals surface area (Å²) in [6.07, 6.45) is 7.53. The number of carbonyl (C=O) groups is 1. The second kappa shape index (κ2) is 5.47. The van der Waals surface area contributed by atoms with Crippen LogP contribution in [-0.4, -0.2) is 5.91 Å². The predicted molar refractivity (Wildman–Crippen MR) is 46.9 cm³/mol. The minimum absolute atomic E-state index is 0.398. The molecule has 0 fully saturated rings. The second-order valence-corrected chi connectivity index (χ2v) is 2.03. The normalized spacial score (nSPS) is 11.9. The maximum atomic E-state index is 10.7. The maximum absolute atomic E-state index is 10.7. The zero-order chi connectivity index (χ0) is 8.69. The van der Waals surface area contributed by atoms with Crippen LogP contribution >= 0.6 is 0 Å². The summed E-state index contributed by atoms with van der Waals surface area (Å²) in [7, 11) is 0. The van der Waals surface area contributed by atoms with E-state index in [1.807, 2.05) is 6.92 Å². The van der Waals surface area contributed by atoms with E-state index in [1.54, 1.807) is 24.3 Å². The van der Waals surface area contributed by atoms with Gasteiger partial charge in [-0.2, -0.15) is 0 Å². The lowest BCUT2D eigenvalue weighted by atomic mass is 10.2. The van der Waals surface area contributed by atoms with Crippen LogP contribution < -0.4 is 5.73 Å². The minimum atomic E-state index is -0.398. The van der Waals surface area contributed by atoms with E-state index in [-0.39, 0.29) is 0 Å². The molecule has 2 N–H and O–H groups in total. The standard InChI is InChI=1S/C9H13NO/c1-3-5-7-8(6-4-2)9(10)11/h3,5-7H,1,4H2,2H3,(H2,10,11)/b7-5-,8-6+. The van der Waals surface area contributed by atoms with Gasteiger partial charge in [-0.15, -0.1) is 0 Å². The molecule has 0 bridgehead atoms. The Bertz CT molecular complexity index is 202. The van der Waals surface area contributed by atoms with Gasteiger partial charge in [-0.1, -0.05) is 31.7 Å². The largest absolute Gasteiger partial charge is 0.366 e. The van der Waals surface area contributed by atoms with E-state index in [4.69, 9.17) is 5.73 Å². The van der Waals surface area contributed by atoms with E-state index in [1.165, 1.54) is 0 Å². The summed E-state index contributed by atoms with van der Waals surface area (Å²) >= 11 is 0. The van der Waals surface area contributed by atoms with E-state index >= 15 is 0 Å². The minimum Gasteiger partial charge on any atom is -0.366 e. The van der Waals surface area contributed by atoms with E-state index in [0.29, 0.717) is 5.57 Å². The number of rotatable bonds is 4. The zero-order valence-electron chi connectivity index (χ0n) is 6.71. The molecule has 0 spiro atoms. The number of hydrogen-bond donors (Lipinski definition) is 1. The Morgan fingerprint density at radius 3 is 2.64 bits per heavy atom. The number of amides is 1. The fourth-order valence-corrected chi connectivity index (χ4v) is 0.642. The first-order valence-electron chi connectivity index (χ1n) is 3.51. The van der Waals surface area contributed by atoms with Gasteiger partial charge in [0.2, 0.25) is 5.91 Å². The van der Waals surface area contributed by atoms with Gasteiger partial charge in [-0.25, -0.2) is 0 Å². The molecule has 0 aromatic heterocycles. The summed E-state index contributed by atoms with van der Waals surface area (Å²) in [4.78, 5) is 10.7. The predicted octanol–water partition coefficient (Wildman–Crippen LogP) is 1.55. The molecule has 0 saturated carbocycles. The third kappa shape index (κ3) is 4.14. The molecule has 11 heavy (non-hydrogen) atoms. The van der Waals surface area contributed by atoms with Gasteiger partial charge in [0.05, 0.1) is 0 Å². The molecule has 0 heterocycles. The van der Waals surface area contributed by atoms with Gasteiger partial charge in [0.15, 0.2) is 0 Å².